The van der Waals surface area contributed by atoms with Crippen LogP contribution in [0.15, 0.2) is 48.5 Å². The minimum absolute atomic E-state index is 0.0113. The van der Waals surface area contributed by atoms with Crippen LogP contribution in [0.2, 0.25) is 5.02 Å². The first-order chi connectivity index (χ1) is 16.9. The van der Waals surface area contributed by atoms with E-state index in [1.807, 2.05) is 60.4 Å². The van der Waals surface area contributed by atoms with Crippen LogP contribution >= 0.6 is 11.6 Å². The fourth-order valence-electron chi connectivity index (χ4n) is 5.16. The van der Waals surface area contributed by atoms with Gasteiger partial charge in [0.15, 0.2) is 5.82 Å². The molecule has 9 heteroatoms. The van der Waals surface area contributed by atoms with E-state index in [0.29, 0.717) is 31.1 Å². The molecule has 35 heavy (non-hydrogen) atoms. The van der Waals surface area contributed by atoms with Gasteiger partial charge >= 0.3 is 6.03 Å². The predicted octanol–water partition coefficient (Wildman–Crippen LogP) is 4.63. The highest BCUT2D eigenvalue weighted by molar-refractivity contribution is 6.30. The third-order valence-electron chi connectivity index (χ3n) is 6.95. The molecule has 1 N–H and O–H groups in total. The Hall–Kier alpha value is -3.39. The summed E-state index contributed by atoms with van der Waals surface area (Å²) in [6, 6.07) is 15.1. The number of nitrogens with one attached hydrogen (secondary N) is 1. The summed E-state index contributed by atoms with van der Waals surface area (Å²) in [5.74, 6) is 1.63. The van der Waals surface area contributed by atoms with Crippen molar-refractivity contribution in [2.24, 2.45) is 0 Å². The molecule has 0 saturated carbocycles. The number of para-hydroxylation sites is 1. The first-order valence-corrected chi connectivity index (χ1v) is 12.4. The van der Waals surface area contributed by atoms with Gasteiger partial charge in [-0.15, -0.1) is 10.2 Å². The van der Waals surface area contributed by atoms with Gasteiger partial charge in [0.2, 0.25) is 5.91 Å². The molecule has 5 rings (SSSR count). The van der Waals surface area contributed by atoms with Gasteiger partial charge in [-0.1, -0.05) is 41.9 Å². The number of urea groups is 1. The zero-order chi connectivity index (χ0) is 24.5. The zero-order valence-corrected chi connectivity index (χ0v) is 20.7. The number of likely N-dealkylation sites (tertiary alicyclic amines) is 1. The molecule has 1 unspecified atom stereocenters. The molecule has 0 radical (unpaired) electrons. The van der Waals surface area contributed by atoms with E-state index in [2.05, 4.69) is 20.1 Å². The van der Waals surface area contributed by atoms with Gasteiger partial charge in [0, 0.05) is 30.7 Å². The fourth-order valence-corrected chi connectivity index (χ4v) is 5.29. The zero-order valence-electron chi connectivity index (χ0n) is 19.9. The quantitative estimate of drug-likeness (QED) is 0.575. The van der Waals surface area contributed by atoms with E-state index in [1.165, 1.54) is 0 Å². The highest BCUT2D eigenvalue weighted by atomic mass is 35.5. The van der Waals surface area contributed by atoms with Crippen molar-refractivity contribution in [3.05, 3.63) is 76.3 Å². The van der Waals surface area contributed by atoms with Crippen LogP contribution < -0.4 is 10.2 Å². The number of rotatable bonds is 4. The van der Waals surface area contributed by atoms with E-state index in [-0.39, 0.29) is 24.0 Å². The number of fused-ring (bicyclic) bond motifs is 1. The van der Waals surface area contributed by atoms with Crippen LogP contribution in [-0.4, -0.2) is 44.7 Å². The van der Waals surface area contributed by atoms with Gasteiger partial charge in [0.1, 0.15) is 5.82 Å². The van der Waals surface area contributed by atoms with Gasteiger partial charge in [0.05, 0.1) is 18.6 Å². The molecule has 2 atom stereocenters. The lowest BCUT2D eigenvalue weighted by Gasteiger charge is -2.35. The molecule has 1 aromatic heterocycles. The van der Waals surface area contributed by atoms with Crippen LogP contribution in [0.5, 0.6) is 0 Å². The highest BCUT2D eigenvalue weighted by Crippen LogP contribution is 2.36. The summed E-state index contributed by atoms with van der Waals surface area (Å²) in [7, 11) is 0. The highest BCUT2D eigenvalue weighted by Gasteiger charge is 2.36. The van der Waals surface area contributed by atoms with Crippen LogP contribution in [0.25, 0.3) is 0 Å². The largest absolute Gasteiger partial charge is 0.331 e. The monoisotopic (exact) mass is 492 g/mol. The van der Waals surface area contributed by atoms with Crippen molar-refractivity contribution >= 4 is 29.2 Å². The second kappa shape index (κ2) is 9.70. The third kappa shape index (κ3) is 4.62. The smallest absolute Gasteiger partial charge is 0.318 e. The Balaban J connectivity index is 1.35. The standard InChI is InChI=1S/C26H29ClN6O2/c1-17-29-30-25(33(17)16-19-9-11-20(27)12-10-19)24-8-5-14-32(24)26(35)28-22-13-15-31(18(2)34)23-7-4-3-6-21(22)23/h3-4,6-7,9-12,22,24H,5,8,13-16H2,1-2H3,(H,28,35)/t22?,24-/m1/s1. The summed E-state index contributed by atoms with van der Waals surface area (Å²) in [4.78, 5) is 29.2. The van der Waals surface area contributed by atoms with Gasteiger partial charge < -0.3 is 19.7 Å². The first-order valence-electron chi connectivity index (χ1n) is 12.0. The molecule has 2 aliphatic heterocycles. The number of benzene rings is 2. The summed E-state index contributed by atoms with van der Waals surface area (Å²) >= 11 is 6.05. The lowest BCUT2D eigenvalue weighted by atomic mass is 9.96. The predicted molar refractivity (Wildman–Crippen MR) is 134 cm³/mol. The molecule has 8 nitrogen and oxygen atoms in total. The van der Waals surface area contributed by atoms with Gasteiger partial charge in [-0.3, -0.25) is 4.79 Å². The molecular formula is C26H29ClN6O2. The minimum atomic E-state index is -0.149. The number of aryl methyl sites for hydroxylation is 1. The van der Waals surface area contributed by atoms with Crippen molar-refractivity contribution in [1.29, 1.82) is 0 Å². The lowest BCUT2D eigenvalue weighted by Crippen LogP contribution is -2.45. The van der Waals surface area contributed by atoms with E-state index >= 15 is 0 Å². The number of nitrogens with zero attached hydrogens (tertiary/aromatic N) is 5. The fraction of sp³-hybridized carbons (Fsp3) is 0.385. The Bertz CT molecular complexity index is 1240. The normalized spacial score (nSPS) is 19.5. The molecule has 1 fully saturated rings. The molecular weight excluding hydrogens is 464 g/mol. The van der Waals surface area contributed by atoms with Crippen LogP contribution in [0.4, 0.5) is 10.5 Å². The molecule has 2 aromatic carbocycles. The maximum absolute atomic E-state index is 13.5. The van der Waals surface area contributed by atoms with Crippen molar-refractivity contribution in [2.75, 3.05) is 18.0 Å². The number of carbonyl (C=O) groups is 2. The number of halogens is 1. The average molecular weight is 493 g/mol. The maximum Gasteiger partial charge on any atom is 0.318 e. The molecule has 2 aliphatic rings. The minimum Gasteiger partial charge on any atom is -0.331 e. The molecule has 0 spiro atoms. The summed E-state index contributed by atoms with van der Waals surface area (Å²) in [6.07, 6.45) is 2.42. The third-order valence-corrected chi connectivity index (χ3v) is 7.20. The average Bonchev–Trinajstić information content (AvgIpc) is 3.47. The summed E-state index contributed by atoms with van der Waals surface area (Å²) in [6.45, 7) is 5.37. The van der Waals surface area contributed by atoms with Crippen LogP contribution in [0.1, 0.15) is 61.0 Å². The molecule has 3 aromatic rings. The number of hydrogen-bond acceptors (Lipinski definition) is 4. The number of carbonyl (C=O) groups excluding carboxylic acids is 2. The number of hydrogen-bond donors (Lipinski definition) is 1. The molecule has 0 aliphatic carbocycles. The van der Waals surface area contributed by atoms with Crippen LogP contribution in [-0.2, 0) is 11.3 Å². The van der Waals surface area contributed by atoms with Gasteiger partial charge in [-0.05, 0) is 55.5 Å². The van der Waals surface area contributed by atoms with E-state index in [4.69, 9.17) is 11.6 Å². The van der Waals surface area contributed by atoms with E-state index < -0.39 is 0 Å². The van der Waals surface area contributed by atoms with Crippen molar-refractivity contribution in [2.45, 2.75) is 51.7 Å². The van der Waals surface area contributed by atoms with E-state index in [0.717, 1.165) is 41.3 Å². The Morgan fingerprint density at radius 1 is 1.06 bits per heavy atom. The lowest BCUT2D eigenvalue weighted by molar-refractivity contribution is -0.116. The SMILES string of the molecule is CC(=O)N1CCC(NC(=O)N2CCC[C@@H]2c2nnc(C)n2Cc2ccc(Cl)cc2)c2ccccc21. The summed E-state index contributed by atoms with van der Waals surface area (Å²) in [5.41, 5.74) is 2.94. The van der Waals surface area contributed by atoms with Crippen LogP contribution in [0, 0.1) is 6.92 Å². The molecule has 3 amide bonds. The molecule has 0 bridgehead atoms. The van der Waals surface area contributed by atoms with Crippen LogP contribution in [0.3, 0.4) is 0 Å². The number of amides is 3. The Kier molecular flexibility index (Phi) is 6.47. The number of anilines is 1. The Labute approximate surface area is 209 Å². The van der Waals surface area contributed by atoms with E-state index in [1.54, 1.807) is 11.8 Å². The van der Waals surface area contributed by atoms with Crippen molar-refractivity contribution in [3.8, 4) is 0 Å². The Morgan fingerprint density at radius 2 is 1.83 bits per heavy atom. The second-order valence-corrected chi connectivity index (χ2v) is 9.63. The molecule has 1 saturated heterocycles. The molecule has 182 valence electrons. The van der Waals surface area contributed by atoms with E-state index in [9.17, 15) is 9.59 Å². The summed E-state index contributed by atoms with van der Waals surface area (Å²) in [5, 5.41) is 12.7. The van der Waals surface area contributed by atoms with Gasteiger partial charge in [-0.25, -0.2) is 4.79 Å². The van der Waals surface area contributed by atoms with Gasteiger partial charge in [0.25, 0.3) is 0 Å². The topological polar surface area (TPSA) is 83.4 Å². The Morgan fingerprint density at radius 3 is 2.60 bits per heavy atom. The summed E-state index contributed by atoms with van der Waals surface area (Å²) < 4.78 is 2.08. The van der Waals surface area contributed by atoms with Gasteiger partial charge in [-0.2, -0.15) is 0 Å². The second-order valence-electron chi connectivity index (χ2n) is 9.19. The molecule has 3 heterocycles. The maximum atomic E-state index is 13.5. The first kappa shape index (κ1) is 23.4. The van der Waals surface area contributed by atoms with Crippen molar-refractivity contribution < 1.29 is 9.59 Å². The van der Waals surface area contributed by atoms with Crippen molar-refractivity contribution in [3.63, 3.8) is 0 Å². The number of aromatic nitrogens is 3. The van der Waals surface area contributed by atoms with Crippen molar-refractivity contribution in [1.82, 2.24) is 25.0 Å².